The average Bonchev–Trinajstić information content (AvgIpc) is 2.13. The minimum Gasteiger partial charge on any atom is -0.497 e. The van der Waals surface area contributed by atoms with Gasteiger partial charge in [0.25, 0.3) is 0 Å². The minimum atomic E-state index is 0.779. The Hall–Kier alpha value is -0.690. The Morgan fingerprint density at radius 3 is 2.25 bits per heavy atom. The fraction of sp³-hybridized carbons (Fsp3) is 0.400. The SMILES string of the molecule is CC.COc1ccc(Cl)c(C)c1. The van der Waals surface area contributed by atoms with E-state index in [0.717, 1.165) is 16.3 Å². The number of hydrogen-bond acceptors (Lipinski definition) is 1. The second-order valence-corrected chi connectivity index (χ2v) is 2.52. The molecule has 0 amide bonds. The largest absolute Gasteiger partial charge is 0.497 e. The molecule has 0 saturated heterocycles. The van der Waals surface area contributed by atoms with Crippen LogP contribution in [0.4, 0.5) is 0 Å². The minimum absolute atomic E-state index is 0.779. The van der Waals surface area contributed by atoms with Crippen molar-refractivity contribution in [2.24, 2.45) is 0 Å². The third kappa shape index (κ3) is 3.14. The van der Waals surface area contributed by atoms with Crippen molar-refractivity contribution in [2.45, 2.75) is 20.8 Å². The van der Waals surface area contributed by atoms with Gasteiger partial charge in [0, 0.05) is 5.02 Å². The van der Waals surface area contributed by atoms with Crippen LogP contribution in [0.2, 0.25) is 5.02 Å². The summed E-state index contributed by atoms with van der Waals surface area (Å²) in [5.74, 6) is 0.849. The van der Waals surface area contributed by atoms with Crippen molar-refractivity contribution in [3.05, 3.63) is 28.8 Å². The maximum atomic E-state index is 5.78. The number of ether oxygens (including phenoxy) is 1. The molecule has 0 saturated carbocycles. The first kappa shape index (κ1) is 11.3. The Labute approximate surface area is 79.3 Å². The first-order valence-electron chi connectivity index (χ1n) is 4.04. The summed E-state index contributed by atoms with van der Waals surface area (Å²) >= 11 is 5.78. The normalized spacial score (nSPS) is 8.42. The molecule has 0 unspecified atom stereocenters. The average molecular weight is 187 g/mol. The lowest BCUT2D eigenvalue weighted by molar-refractivity contribution is 0.414. The Bertz CT molecular complexity index is 233. The van der Waals surface area contributed by atoms with Crippen molar-refractivity contribution in [3.8, 4) is 5.75 Å². The van der Waals surface area contributed by atoms with Crippen LogP contribution >= 0.6 is 11.6 Å². The molecular formula is C10H15ClO. The molecule has 0 heterocycles. The molecule has 1 nitrogen and oxygen atoms in total. The maximum absolute atomic E-state index is 5.78. The molecule has 0 aliphatic heterocycles. The van der Waals surface area contributed by atoms with Crippen molar-refractivity contribution >= 4 is 11.6 Å². The Morgan fingerprint density at radius 2 is 1.83 bits per heavy atom. The number of halogens is 1. The van der Waals surface area contributed by atoms with E-state index < -0.39 is 0 Å². The third-order valence-corrected chi connectivity index (χ3v) is 1.79. The van der Waals surface area contributed by atoms with E-state index >= 15 is 0 Å². The van der Waals surface area contributed by atoms with E-state index in [9.17, 15) is 0 Å². The zero-order chi connectivity index (χ0) is 9.56. The van der Waals surface area contributed by atoms with Crippen LogP contribution in [-0.4, -0.2) is 7.11 Å². The summed E-state index contributed by atoms with van der Waals surface area (Å²) in [5.41, 5.74) is 1.04. The zero-order valence-corrected chi connectivity index (χ0v) is 8.77. The molecule has 0 atom stereocenters. The molecule has 0 aliphatic carbocycles. The number of hydrogen-bond donors (Lipinski definition) is 0. The van der Waals surface area contributed by atoms with Gasteiger partial charge in [0.2, 0.25) is 0 Å². The van der Waals surface area contributed by atoms with Gasteiger partial charge in [-0.05, 0) is 30.7 Å². The van der Waals surface area contributed by atoms with E-state index in [1.807, 2.05) is 39.0 Å². The van der Waals surface area contributed by atoms with Crippen molar-refractivity contribution < 1.29 is 4.74 Å². The van der Waals surface area contributed by atoms with Crippen LogP contribution in [0.3, 0.4) is 0 Å². The van der Waals surface area contributed by atoms with Crippen LogP contribution in [0.1, 0.15) is 19.4 Å². The van der Waals surface area contributed by atoms with E-state index in [-0.39, 0.29) is 0 Å². The molecule has 0 bridgehead atoms. The second-order valence-electron chi connectivity index (χ2n) is 2.12. The quantitative estimate of drug-likeness (QED) is 0.650. The van der Waals surface area contributed by atoms with Gasteiger partial charge >= 0.3 is 0 Å². The molecule has 0 aliphatic rings. The number of rotatable bonds is 1. The molecule has 12 heavy (non-hydrogen) atoms. The van der Waals surface area contributed by atoms with Gasteiger partial charge in [0.1, 0.15) is 5.75 Å². The highest BCUT2D eigenvalue weighted by Gasteiger charge is 1.94. The summed E-state index contributed by atoms with van der Waals surface area (Å²) in [6.45, 7) is 5.95. The van der Waals surface area contributed by atoms with Crippen molar-refractivity contribution in [1.29, 1.82) is 0 Å². The molecule has 1 rings (SSSR count). The molecule has 2 heteroatoms. The van der Waals surface area contributed by atoms with Gasteiger partial charge in [-0.25, -0.2) is 0 Å². The monoisotopic (exact) mass is 186 g/mol. The first-order chi connectivity index (χ1) is 5.74. The smallest absolute Gasteiger partial charge is 0.119 e. The van der Waals surface area contributed by atoms with Gasteiger partial charge in [0.05, 0.1) is 7.11 Å². The van der Waals surface area contributed by atoms with Gasteiger partial charge in [-0.1, -0.05) is 25.4 Å². The maximum Gasteiger partial charge on any atom is 0.119 e. The summed E-state index contributed by atoms with van der Waals surface area (Å²) in [6, 6.07) is 5.58. The molecule has 0 aromatic heterocycles. The van der Waals surface area contributed by atoms with E-state index in [1.165, 1.54) is 0 Å². The highest BCUT2D eigenvalue weighted by Crippen LogP contribution is 2.20. The predicted molar refractivity (Wildman–Crippen MR) is 54.1 cm³/mol. The van der Waals surface area contributed by atoms with Crippen molar-refractivity contribution in [1.82, 2.24) is 0 Å². The standard InChI is InChI=1S/C8H9ClO.C2H6/c1-6-5-7(10-2)3-4-8(6)9;1-2/h3-5H,1-2H3;1-2H3. The van der Waals surface area contributed by atoms with Crippen molar-refractivity contribution in [3.63, 3.8) is 0 Å². The lowest BCUT2D eigenvalue weighted by Gasteiger charge is -2.00. The summed E-state index contributed by atoms with van der Waals surface area (Å²) in [6.07, 6.45) is 0. The van der Waals surface area contributed by atoms with Crippen molar-refractivity contribution in [2.75, 3.05) is 7.11 Å². The fourth-order valence-corrected chi connectivity index (χ4v) is 0.862. The number of methoxy groups -OCH3 is 1. The van der Waals surface area contributed by atoms with Crippen LogP contribution in [-0.2, 0) is 0 Å². The van der Waals surface area contributed by atoms with E-state index in [4.69, 9.17) is 16.3 Å². The lowest BCUT2D eigenvalue weighted by Crippen LogP contribution is -1.82. The predicted octanol–water partition coefficient (Wildman–Crippen LogP) is 3.68. The van der Waals surface area contributed by atoms with Gasteiger partial charge < -0.3 is 4.74 Å². The molecule has 0 radical (unpaired) electrons. The molecule has 68 valence electrons. The summed E-state index contributed by atoms with van der Waals surface area (Å²) in [7, 11) is 1.64. The second kappa shape index (κ2) is 5.90. The summed E-state index contributed by atoms with van der Waals surface area (Å²) < 4.78 is 4.99. The molecule has 1 aromatic rings. The van der Waals surface area contributed by atoms with Crippen LogP contribution < -0.4 is 4.74 Å². The summed E-state index contributed by atoms with van der Waals surface area (Å²) in [5, 5.41) is 0.779. The third-order valence-electron chi connectivity index (χ3n) is 1.37. The van der Waals surface area contributed by atoms with Gasteiger partial charge in [-0.2, -0.15) is 0 Å². The van der Waals surface area contributed by atoms with Crippen LogP contribution in [0.25, 0.3) is 0 Å². The molecule has 1 aromatic carbocycles. The van der Waals surface area contributed by atoms with Gasteiger partial charge in [0.15, 0.2) is 0 Å². The zero-order valence-electron chi connectivity index (χ0n) is 8.02. The topological polar surface area (TPSA) is 9.23 Å². The first-order valence-corrected chi connectivity index (χ1v) is 4.42. The highest BCUT2D eigenvalue weighted by atomic mass is 35.5. The van der Waals surface area contributed by atoms with E-state index in [2.05, 4.69) is 0 Å². The fourth-order valence-electron chi connectivity index (χ4n) is 0.744. The molecular weight excluding hydrogens is 172 g/mol. The van der Waals surface area contributed by atoms with Crippen LogP contribution in [0.15, 0.2) is 18.2 Å². The van der Waals surface area contributed by atoms with Crippen LogP contribution in [0, 0.1) is 6.92 Å². The Kier molecular flexibility index (Phi) is 5.56. The van der Waals surface area contributed by atoms with E-state index in [0.29, 0.717) is 0 Å². The molecule has 0 fully saturated rings. The van der Waals surface area contributed by atoms with Crippen LogP contribution in [0.5, 0.6) is 5.75 Å². The Morgan fingerprint density at radius 1 is 1.25 bits per heavy atom. The van der Waals surface area contributed by atoms with Gasteiger partial charge in [-0.15, -0.1) is 0 Å². The summed E-state index contributed by atoms with van der Waals surface area (Å²) in [4.78, 5) is 0. The lowest BCUT2D eigenvalue weighted by atomic mass is 10.2. The number of aryl methyl sites for hydroxylation is 1. The molecule has 0 N–H and O–H groups in total. The van der Waals surface area contributed by atoms with E-state index in [1.54, 1.807) is 7.11 Å². The Balaban J connectivity index is 0.000000561. The molecule has 0 spiro atoms. The highest BCUT2D eigenvalue weighted by molar-refractivity contribution is 6.31. The van der Waals surface area contributed by atoms with Gasteiger partial charge in [-0.3, -0.25) is 0 Å². The number of benzene rings is 1.